The molecule has 12 heavy (non-hydrogen) atoms. The number of carbonyl (C=O) groups excluding carboxylic acids is 1. The predicted octanol–water partition coefficient (Wildman–Crippen LogP) is 2.83. The van der Waals surface area contributed by atoms with Crippen molar-refractivity contribution in [2.24, 2.45) is 0 Å². The maximum absolute atomic E-state index is 11.0. The van der Waals surface area contributed by atoms with Gasteiger partial charge in [-0.1, -0.05) is 34.7 Å². The lowest BCUT2D eigenvalue weighted by molar-refractivity contribution is -0.148. The zero-order valence-electron chi connectivity index (χ0n) is 7.50. The van der Waals surface area contributed by atoms with Crippen LogP contribution in [0.15, 0.2) is 22.3 Å². The van der Waals surface area contributed by atoms with Crippen LogP contribution >= 0.6 is 22.6 Å². The van der Waals surface area contributed by atoms with Crippen LogP contribution in [0.5, 0.6) is 0 Å². The van der Waals surface area contributed by atoms with Gasteiger partial charge in [0.05, 0.1) is 0 Å². The molecule has 0 atom stereocenters. The Morgan fingerprint density at radius 2 is 1.92 bits per heavy atom. The van der Waals surface area contributed by atoms with E-state index in [0.29, 0.717) is 0 Å². The van der Waals surface area contributed by atoms with Crippen molar-refractivity contribution in [3.63, 3.8) is 0 Å². The third kappa shape index (κ3) is 7.78. The van der Waals surface area contributed by atoms with Crippen molar-refractivity contribution in [1.29, 1.82) is 0 Å². The summed E-state index contributed by atoms with van der Waals surface area (Å²) >= 11 is 2.08. The van der Waals surface area contributed by atoms with Crippen LogP contribution in [0.3, 0.4) is 0 Å². The summed E-state index contributed by atoms with van der Waals surface area (Å²) in [6, 6.07) is 0. The molecule has 0 bridgehead atoms. The maximum Gasteiger partial charge on any atom is 0.331 e. The standard InChI is InChI=1S/C9H13IO2/c1-9(2,3)12-8(11)6-4-5-7-10/h4-7H,1-3H3/b6-4-,7-5-. The molecule has 0 amide bonds. The minimum atomic E-state index is -0.407. The molecule has 0 aromatic carbocycles. The van der Waals surface area contributed by atoms with Gasteiger partial charge < -0.3 is 4.74 Å². The fourth-order valence-electron chi connectivity index (χ4n) is 0.512. The first kappa shape index (κ1) is 11.7. The number of hydrogen-bond acceptors (Lipinski definition) is 2. The third-order valence-corrected chi connectivity index (χ3v) is 1.24. The van der Waals surface area contributed by atoms with Crippen LogP contribution < -0.4 is 0 Å². The van der Waals surface area contributed by atoms with E-state index in [4.69, 9.17) is 4.74 Å². The summed E-state index contributed by atoms with van der Waals surface area (Å²) in [5, 5.41) is 0. The predicted molar refractivity (Wildman–Crippen MR) is 58.1 cm³/mol. The van der Waals surface area contributed by atoms with Gasteiger partial charge in [0.1, 0.15) is 5.60 Å². The summed E-state index contributed by atoms with van der Waals surface area (Å²) in [5.74, 6) is -0.308. The molecular formula is C9H13IO2. The first-order valence-corrected chi connectivity index (χ1v) is 4.86. The van der Waals surface area contributed by atoms with Crippen LogP contribution in [-0.2, 0) is 9.53 Å². The van der Waals surface area contributed by atoms with Gasteiger partial charge in [0.15, 0.2) is 0 Å². The van der Waals surface area contributed by atoms with E-state index in [1.165, 1.54) is 6.08 Å². The van der Waals surface area contributed by atoms with Crippen LogP contribution in [0, 0.1) is 0 Å². The minimum absolute atomic E-state index is 0.308. The zero-order chi connectivity index (χ0) is 9.61. The van der Waals surface area contributed by atoms with E-state index in [1.807, 2.05) is 24.9 Å². The van der Waals surface area contributed by atoms with Gasteiger partial charge in [-0.3, -0.25) is 0 Å². The van der Waals surface area contributed by atoms with Crippen molar-refractivity contribution < 1.29 is 9.53 Å². The fourth-order valence-corrected chi connectivity index (χ4v) is 0.752. The SMILES string of the molecule is CC(C)(C)OC(=O)/C=C\C=C/I. The number of carbonyl (C=O) groups is 1. The van der Waals surface area contributed by atoms with Gasteiger partial charge in [-0.25, -0.2) is 4.79 Å². The topological polar surface area (TPSA) is 26.3 Å². The van der Waals surface area contributed by atoms with Gasteiger partial charge in [-0.2, -0.15) is 0 Å². The van der Waals surface area contributed by atoms with Crippen molar-refractivity contribution >= 4 is 28.6 Å². The van der Waals surface area contributed by atoms with Crippen molar-refractivity contribution in [2.45, 2.75) is 26.4 Å². The molecule has 0 N–H and O–H groups in total. The highest BCUT2D eigenvalue weighted by atomic mass is 127. The Morgan fingerprint density at radius 1 is 1.33 bits per heavy atom. The molecule has 2 nitrogen and oxygen atoms in total. The summed E-state index contributed by atoms with van der Waals surface area (Å²) in [7, 11) is 0. The van der Waals surface area contributed by atoms with E-state index < -0.39 is 5.60 Å². The smallest absolute Gasteiger partial charge is 0.331 e. The van der Waals surface area contributed by atoms with E-state index in [9.17, 15) is 4.79 Å². The molecule has 0 radical (unpaired) electrons. The summed E-state index contributed by atoms with van der Waals surface area (Å²) in [5.41, 5.74) is -0.407. The molecule has 0 aromatic heterocycles. The molecule has 0 fully saturated rings. The first-order valence-electron chi connectivity index (χ1n) is 3.62. The quantitative estimate of drug-likeness (QED) is 0.336. The Bertz CT molecular complexity index is 199. The Hall–Kier alpha value is -0.320. The Morgan fingerprint density at radius 3 is 2.33 bits per heavy atom. The summed E-state index contributed by atoms with van der Waals surface area (Å²) < 4.78 is 6.84. The molecule has 3 heteroatoms. The molecule has 0 unspecified atom stereocenters. The van der Waals surface area contributed by atoms with Gasteiger partial charge in [-0.05, 0) is 24.9 Å². The fraction of sp³-hybridized carbons (Fsp3) is 0.444. The normalized spacial score (nSPS) is 12.7. The molecule has 0 aliphatic carbocycles. The van der Waals surface area contributed by atoms with E-state index >= 15 is 0 Å². The van der Waals surface area contributed by atoms with E-state index in [0.717, 1.165) is 0 Å². The van der Waals surface area contributed by atoms with Crippen LogP contribution in [0.2, 0.25) is 0 Å². The molecular weight excluding hydrogens is 267 g/mol. The van der Waals surface area contributed by atoms with Gasteiger partial charge >= 0.3 is 5.97 Å². The van der Waals surface area contributed by atoms with Crippen molar-refractivity contribution in [3.8, 4) is 0 Å². The highest BCUT2D eigenvalue weighted by Crippen LogP contribution is 2.06. The first-order chi connectivity index (χ1) is 5.45. The average molecular weight is 280 g/mol. The van der Waals surface area contributed by atoms with Gasteiger partial charge in [0.2, 0.25) is 0 Å². The van der Waals surface area contributed by atoms with E-state index in [-0.39, 0.29) is 5.97 Å². The van der Waals surface area contributed by atoms with Gasteiger partial charge in [-0.15, -0.1) is 0 Å². The summed E-state index contributed by atoms with van der Waals surface area (Å²) in [4.78, 5) is 11.0. The summed E-state index contributed by atoms with van der Waals surface area (Å²) in [6.07, 6.45) is 4.82. The third-order valence-electron chi connectivity index (χ3n) is 0.823. The van der Waals surface area contributed by atoms with E-state index in [2.05, 4.69) is 22.6 Å². The average Bonchev–Trinajstić information content (AvgIpc) is 1.84. The molecule has 0 heterocycles. The highest BCUT2D eigenvalue weighted by Gasteiger charge is 2.13. The lowest BCUT2D eigenvalue weighted by atomic mass is 10.2. The second kappa shape index (κ2) is 5.35. The molecule has 0 aromatic rings. The van der Waals surface area contributed by atoms with Crippen molar-refractivity contribution in [2.75, 3.05) is 0 Å². The molecule has 68 valence electrons. The highest BCUT2D eigenvalue weighted by molar-refractivity contribution is 14.1. The molecule has 0 saturated carbocycles. The van der Waals surface area contributed by atoms with Crippen LogP contribution in [0.25, 0.3) is 0 Å². The second-order valence-corrected chi connectivity index (χ2v) is 3.93. The maximum atomic E-state index is 11.0. The van der Waals surface area contributed by atoms with Crippen molar-refractivity contribution in [3.05, 3.63) is 22.3 Å². The monoisotopic (exact) mass is 280 g/mol. The number of allylic oxidation sites excluding steroid dienone is 2. The number of ether oxygens (including phenoxy) is 1. The van der Waals surface area contributed by atoms with Crippen LogP contribution in [0.1, 0.15) is 20.8 Å². The van der Waals surface area contributed by atoms with Crippen LogP contribution in [0.4, 0.5) is 0 Å². The molecule has 0 aliphatic heterocycles. The largest absolute Gasteiger partial charge is 0.457 e. The number of rotatable bonds is 2. The Balaban J connectivity index is 3.91. The molecule has 0 spiro atoms. The van der Waals surface area contributed by atoms with Crippen molar-refractivity contribution in [1.82, 2.24) is 0 Å². The molecule has 0 saturated heterocycles. The number of hydrogen-bond donors (Lipinski definition) is 0. The Kier molecular flexibility index (Phi) is 5.20. The van der Waals surface area contributed by atoms with Crippen LogP contribution in [-0.4, -0.2) is 11.6 Å². The lowest BCUT2D eigenvalue weighted by Gasteiger charge is -2.17. The Labute approximate surface area is 86.8 Å². The molecule has 0 rings (SSSR count). The van der Waals surface area contributed by atoms with E-state index in [1.54, 1.807) is 12.2 Å². The zero-order valence-corrected chi connectivity index (χ0v) is 9.66. The molecule has 0 aliphatic rings. The summed E-state index contributed by atoms with van der Waals surface area (Å²) in [6.45, 7) is 5.52. The second-order valence-electron chi connectivity index (χ2n) is 3.21. The van der Waals surface area contributed by atoms with Gasteiger partial charge in [0, 0.05) is 6.08 Å². The lowest BCUT2D eigenvalue weighted by Crippen LogP contribution is -2.22. The minimum Gasteiger partial charge on any atom is -0.457 e. The van der Waals surface area contributed by atoms with Gasteiger partial charge in [0.25, 0.3) is 0 Å². The number of esters is 1. The number of halogens is 1.